The van der Waals surface area contributed by atoms with Crippen molar-refractivity contribution in [3.63, 3.8) is 0 Å². The predicted octanol–water partition coefficient (Wildman–Crippen LogP) is 2.25. The highest BCUT2D eigenvalue weighted by molar-refractivity contribution is 5.81. The Kier molecular flexibility index (Phi) is 5.51. The first kappa shape index (κ1) is 19.8. The van der Waals surface area contributed by atoms with Crippen molar-refractivity contribution in [3.05, 3.63) is 34.5 Å². The number of hydrogen-bond donors (Lipinski definition) is 0. The van der Waals surface area contributed by atoms with Crippen molar-refractivity contribution >= 4 is 22.5 Å². The number of carbonyl (C=O) groups is 1. The third-order valence-corrected chi connectivity index (χ3v) is 5.84. The van der Waals surface area contributed by atoms with Crippen LogP contribution in [0.4, 0.5) is 5.69 Å². The van der Waals surface area contributed by atoms with Crippen LogP contribution < -0.4 is 0 Å². The Balaban J connectivity index is 1.35. The molecule has 2 atom stereocenters. The average molecular weight is 401 g/mol. The molecule has 2 aliphatic heterocycles. The molecule has 2 aliphatic rings. The van der Waals surface area contributed by atoms with Gasteiger partial charge in [-0.15, -0.1) is 0 Å². The third kappa shape index (κ3) is 4.25. The number of piperidine rings is 1. The number of benzene rings is 1. The van der Waals surface area contributed by atoms with Crippen molar-refractivity contribution < 1.29 is 14.5 Å². The molecule has 0 saturated carbocycles. The number of carbonyl (C=O) groups excluding carboxylic acids is 1. The molecule has 156 valence electrons. The highest BCUT2D eigenvalue weighted by Crippen LogP contribution is 2.24. The number of fused-ring (bicyclic) bond motifs is 1. The maximum atomic E-state index is 12.9. The zero-order valence-corrected chi connectivity index (χ0v) is 16.9. The minimum Gasteiger partial charge on any atom is -0.372 e. The molecular formula is C20H27N5O4. The van der Waals surface area contributed by atoms with E-state index in [0.29, 0.717) is 19.8 Å². The second-order valence-corrected chi connectivity index (χ2v) is 8.18. The molecule has 0 aliphatic carbocycles. The zero-order chi connectivity index (χ0) is 20.5. The van der Waals surface area contributed by atoms with Gasteiger partial charge < -0.3 is 9.64 Å². The van der Waals surface area contributed by atoms with Crippen LogP contribution in [0, 0.1) is 16.0 Å². The van der Waals surface area contributed by atoms with Crippen LogP contribution in [0.15, 0.2) is 24.4 Å². The van der Waals surface area contributed by atoms with E-state index in [1.54, 1.807) is 18.3 Å². The summed E-state index contributed by atoms with van der Waals surface area (Å²) in [6, 6.07) is 4.81. The molecule has 0 spiro atoms. The van der Waals surface area contributed by atoms with E-state index in [9.17, 15) is 14.9 Å². The first-order chi connectivity index (χ1) is 13.9. The van der Waals surface area contributed by atoms with Crippen molar-refractivity contribution in [3.8, 4) is 0 Å². The Morgan fingerprint density at radius 1 is 1.24 bits per heavy atom. The molecule has 2 aromatic rings. The smallest absolute Gasteiger partial charge is 0.270 e. The average Bonchev–Trinajstić information content (AvgIpc) is 3.09. The molecule has 1 aromatic carbocycles. The minimum atomic E-state index is -0.394. The van der Waals surface area contributed by atoms with Gasteiger partial charge in [-0.3, -0.25) is 24.5 Å². The molecule has 1 aromatic heterocycles. The van der Waals surface area contributed by atoms with Gasteiger partial charge in [0.25, 0.3) is 5.69 Å². The summed E-state index contributed by atoms with van der Waals surface area (Å²) in [6.07, 6.45) is 3.52. The summed E-state index contributed by atoms with van der Waals surface area (Å²) >= 11 is 0. The second kappa shape index (κ2) is 8.08. The van der Waals surface area contributed by atoms with Crippen LogP contribution in [0.3, 0.4) is 0 Å². The number of rotatable bonds is 4. The van der Waals surface area contributed by atoms with Crippen molar-refractivity contribution in [1.29, 1.82) is 0 Å². The standard InChI is InChI=1S/C20H27N5O4/c1-14-11-23(12-15(2)29-14)20(26)16-5-7-22(8-6-16)13-24-19-4-3-18(25(27)28)9-17(19)10-21-24/h3-4,9-10,14-16H,5-8,11-13H2,1-2H3/t14-,15-/m1/s1. The fourth-order valence-electron chi connectivity index (χ4n) is 4.43. The molecule has 4 rings (SSSR count). The van der Waals surface area contributed by atoms with Gasteiger partial charge in [-0.25, -0.2) is 0 Å². The summed E-state index contributed by atoms with van der Waals surface area (Å²) in [4.78, 5) is 27.7. The van der Waals surface area contributed by atoms with Crippen LogP contribution in [0.25, 0.3) is 10.9 Å². The normalized spacial score (nSPS) is 24.1. The lowest BCUT2D eigenvalue weighted by molar-refractivity contribution is -0.384. The van der Waals surface area contributed by atoms with Crippen LogP contribution in [-0.4, -0.2) is 68.8 Å². The fraction of sp³-hybridized carbons (Fsp3) is 0.600. The number of aromatic nitrogens is 2. The van der Waals surface area contributed by atoms with Gasteiger partial charge in [-0.2, -0.15) is 5.10 Å². The number of nitrogens with zero attached hydrogens (tertiary/aromatic N) is 5. The van der Waals surface area contributed by atoms with Gasteiger partial charge in [0.05, 0.1) is 35.5 Å². The predicted molar refractivity (Wildman–Crippen MR) is 107 cm³/mol. The summed E-state index contributed by atoms with van der Waals surface area (Å²) in [7, 11) is 0. The third-order valence-electron chi connectivity index (χ3n) is 5.84. The molecule has 2 fully saturated rings. The molecule has 0 unspecified atom stereocenters. The van der Waals surface area contributed by atoms with E-state index in [0.717, 1.165) is 36.8 Å². The largest absolute Gasteiger partial charge is 0.372 e. The van der Waals surface area contributed by atoms with Gasteiger partial charge in [0.2, 0.25) is 5.91 Å². The van der Waals surface area contributed by atoms with Gasteiger partial charge >= 0.3 is 0 Å². The highest BCUT2D eigenvalue weighted by atomic mass is 16.6. The molecule has 0 N–H and O–H groups in total. The Bertz CT molecular complexity index is 895. The Morgan fingerprint density at radius 3 is 2.59 bits per heavy atom. The zero-order valence-electron chi connectivity index (χ0n) is 16.9. The number of amides is 1. The number of nitro benzene ring substituents is 1. The topological polar surface area (TPSA) is 93.7 Å². The first-order valence-corrected chi connectivity index (χ1v) is 10.2. The van der Waals surface area contributed by atoms with Gasteiger partial charge in [0, 0.05) is 49.6 Å². The molecule has 1 amide bonds. The minimum absolute atomic E-state index is 0.0702. The number of nitro groups is 1. The molecular weight excluding hydrogens is 374 g/mol. The lowest BCUT2D eigenvalue weighted by Gasteiger charge is -2.39. The Morgan fingerprint density at radius 2 is 1.93 bits per heavy atom. The van der Waals surface area contributed by atoms with Gasteiger partial charge in [-0.1, -0.05) is 0 Å². The molecule has 2 saturated heterocycles. The second-order valence-electron chi connectivity index (χ2n) is 8.18. The number of hydrogen-bond acceptors (Lipinski definition) is 6. The number of ether oxygens (including phenoxy) is 1. The van der Waals surface area contributed by atoms with Crippen LogP contribution in [-0.2, 0) is 16.2 Å². The summed E-state index contributed by atoms with van der Waals surface area (Å²) < 4.78 is 7.60. The van der Waals surface area contributed by atoms with Crippen molar-refractivity contribution in [1.82, 2.24) is 19.6 Å². The monoisotopic (exact) mass is 401 g/mol. The molecule has 3 heterocycles. The van der Waals surface area contributed by atoms with E-state index in [4.69, 9.17) is 4.74 Å². The Labute approximate surface area is 169 Å². The molecule has 9 heteroatoms. The van der Waals surface area contributed by atoms with E-state index in [1.165, 1.54) is 6.07 Å². The van der Waals surface area contributed by atoms with Gasteiger partial charge in [-0.05, 0) is 32.8 Å². The van der Waals surface area contributed by atoms with E-state index in [-0.39, 0.29) is 29.7 Å². The van der Waals surface area contributed by atoms with Crippen molar-refractivity contribution in [2.75, 3.05) is 26.2 Å². The summed E-state index contributed by atoms with van der Waals surface area (Å²) in [5.74, 6) is 0.323. The summed E-state index contributed by atoms with van der Waals surface area (Å²) in [6.45, 7) is 7.67. The molecule has 0 radical (unpaired) electrons. The van der Waals surface area contributed by atoms with Crippen LogP contribution in [0.1, 0.15) is 26.7 Å². The fourth-order valence-corrected chi connectivity index (χ4v) is 4.43. The lowest BCUT2D eigenvalue weighted by Crippen LogP contribution is -2.51. The number of non-ortho nitro benzene ring substituents is 1. The van der Waals surface area contributed by atoms with Crippen LogP contribution >= 0.6 is 0 Å². The van der Waals surface area contributed by atoms with E-state index in [2.05, 4.69) is 10.00 Å². The van der Waals surface area contributed by atoms with Crippen molar-refractivity contribution in [2.24, 2.45) is 5.92 Å². The highest BCUT2D eigenvalue weighted by Gasteiger charge is 2.32. The number of morpholine rings is 1. The van der Waals surface area contributed by atoms with Crippen LogP contribution in [0.5, 0.6) is 0 Å². The molecule has 9 nitrogen and oxygen atoms in total. The van der Waals surface area contributed by atoms with Crippen LogP contribution in [0.2, 0.25) is 0 Å². The van der Waals surface area contributed by atoms with Gasteiger partial charge in [0.15, 0.2) is 0 Å². The SMILES string of the molecule is C[C@@H]1CN(C(=O)C2CCN(Cn3ncc4cc([N+](=O)[O-])ccc43)CC2)C[C@@H](C)O1. The quantitative estimate of drug-likeness (QED) is 0.576. The summed E-state index contributed by atoms with van der Waals surface area (Å²) in [5.41, 5.74) is 0.952. The molecule has 29 heavy (non-hydrogen) atoms. The van der Waals surface area contributed by atoms with Crippen molar-refractivity contribution in [2.45, 2.75) is 45.6 Å². The maximum absolute atomic E-state index is 12.9. The molecule has 0 bridgehead atoms. The first-order valence-electron chi connectivity index (χ1n) is 10.2. The van der Waals surface area contributed by atoms with Gasteiger partial charge in [0.1, 0.15) is 0 Å². The van der Waals surface area contributed by atoms with E-state index >= 15 is 0 Å². The maximum Gasteiger partial charge on any atom is 0.270 e. The lowest BCUT2D eigenvalue weighted by atomic mass is 9.95. The Hall–Kier alpha value is -2.52. The van der Waals surface area contributed by atoms with E-state index in [1.807, 2.05) is 23.4 Å². The summed E-state index contributed by atoms with van der Waals surface area (Å²) in [5, 5.41) is 16.1. The number of likely N-dealkylation sites (tertiary alicyclic amines) is 1. The van der Waals surface area contributed by atoms with E-state index < -0.39 is 4.92 Å².